The van der Waals surface area contributed by atoms with E-state index in [2.05, 4.69) is 15.4 Å². The number of pyridine rings is 1. The first-order valence-electron chi connectivity index (χ1n) is 5.86. The normalized spacial score (nSPS) is 12.5. The fourth-order valence-electron chi connectivity index (χ4n) is 1.95. The van der Waals surface area contributed by atoms with Crippen LogP contribution in [0.15, 0.2) is 18.5 Å². The molecule has 0 radical (unpaired) electrons. The molecule has 2 aromatic rings. The van der Waals surface area contributed by atoms with Crippen LogP contribution in [-0.4, -0.2) is 14.8 Å². The Morgan fingerprint density at radius 2 is 2.06 bits per heavy atom. The van der Waals surface area contributed by atoms with Gasteiger partial charge in [0.25, 0.3) is 0 Å². The van der Waals surface area contributed by atoms with Crippen LogP contribution >= 0.6 is 0 Å². The minimum absolute atomic E-state index is 0.0187. The lowest BCUT2D eigenvalue weighted by atomic mass is 10.1. The van der Waals surface area contributed by atoms with Crippen molar-refractivity contribution in [2.45, 2.75) is 26.8 Å². The van der Waals surface area contributed by atoms with Gasteiger partial charge in [-0.2, -0.15) is 5.10 Å². The average Bonchev–Trinajstić information content (AvgIpc) is 2.56. The van der Waals surface area contributed by atoms with Crippen LogP contribution in [0.2, 0.25) is 0 Å². The molecule has 0 aliphatic heterocycles. The second kappa shape index (κ2) is 4.76. The summed E-state index contributed by atoms with van der Waals surface area (Å²) in [5, 5.41) is 7.69. The summed E-state index contributed by atoms with van der Waals surface area (Å²) in [6.07, 6.45) is 2.87. The average molecular weight is 248 g/mol. The Balaban J connectivity index is 2.24. The maximum Gasteiger partial charge on any atom is 0.141 e. The molecule has 1 atom stereocenters. The second-order valence-corrected chi connectivity index (χ2v) is 4.47. The predicted molar refractivity (Wildman–Crippen MR) is 68.9 cm³/mol. The fourth-order valence-corrected chi connectivity index (χ4v) is 1.95. The van der Waals surface area contributed by atoms with Crippen molar-refractivity contribution in [2.24, 2.45) is 7.05 Å². The fraction of sp³-hybridized carbons (Fsp3) is 0.385. The molecule has 2 aromatic heterocycles. The van der Waals surface area contributed by atoms with Crippen molar-refractivity contribution < 1.29 is 4.39 Å². The first-order valence-corrected chi connectivity index (χ1v) is 5.86. The Hall–Kier alpha value is -1.91. The zero-order valence-corrected chi connectivity index (χ0v) is 11.0. The number of aromatic nitrogens is 3. The Kier molecular flexibility index (Phi) is 3.32. The molecule has 0 spiro atoms. The summed E-state index contributed by atoms with van der Waals surface area (Å²) in [4.78, 5) is 3.86. The Labute approximate surface area is 106 Å². The van der Waals surface area contributed by atoms with E-state index in [0.29, 0.717) is 0 Å². The van der Waals surface area contributed by atoms with Gasteiger partial charge in [-0.15, -0.1) is 0 Å². The van der Waals surface area contributed by atoms with E-state index in [9.17, 15) is 4.39 Å². The van der Waals surface area contributed by atoms with Gasteiger partial charge < -0.3 is 5.32 Å². The van der Waals surface area contributed by atoms with E-state index < -0.39 is 0 Å². The molecule has 0 bridgehead atoms. The zero-order valence-electron chi connectivity index (χ0n) is 11.0. The van der Waals surface area contributed by atoms with Crippen molar-refractivity contribution in [3.05, 3.63) is 41.2 Å². The van der Waals surface area contributed by atoms with Crippen molar-refractivity contribution in [2.75, 3.05) is 5.32 Å². The standard InChI is InChI=1S/C13H17FN4/c1-8(11-5-12(14)7-15-6-11)16-13-9(2)17-18(4)10(13)3/h5-8,16H,1-4H3. The summed E-state index contributed by atoms with van der Waals surface area (Å²) in [6.45, 7) is 5.92. The number of nitrogens with zero attached hydrogens (tertiary/aromatic N) is 3. The number of nitrogens with one attached hydrogen (secondary N) is 1. The monoisotopic (exact) mass is 248 g/mol. The number of hydrogen-bond donors (Lipinski definition) is 1. The SMILES string of the molecule is Cc1nn(C)c(C)c1NC(C)c1cncc(F)c1. The molecule has 0 amide bonds. The molecule has 0 saturated carbocycles. The lowest BCUT2D eigenvalue weighted by Crippen LogP contribution is -2.08. The summed E-state index contributed by atoms with van der Waals surface area (Å²) in [7, 11) is 1.90. The van der Waals surface area contributed by atoms with Gasteiger partial charge in [0.05, 0.1) is 29.3 Å². The molecule has 0 saturated heterocycles. The van der Waals surface area contributed by atoms with Crippen LogP contribution in [-0.2, 0) is 7.05 Å². The molecule has 0 aromatic carbocycles. The molecule has 0 fully saturated rings. The predicted octanol–water partition coefficient (Wildman–Crippen LogP) is 2.74. The minimum atomic E-state index is -0.319. The number of anilines is 1. The van der Waals surface area contributed by atoms with Gasteiger partial charge in [0.2, 0.25) is 0 Å². The maximum atomic E-state index is 13.1. The summed E-state index contributed by atoms with van der Waals surface area (Å²) in [5.41, 5.74) is 3.81. The highest BCUT2D eigenvalue weighted by Crippen LogP contribution is 2.24. The molecule has 2 heterocycles. The van der Waals surface area contributed by atoms with Gasteiger partial charge in [0.1, 0.15) is 5.82 Å². The van der Waals surface area contributed by atoms with Gasteiger partial charge in [-0.05, 0) is 32.4 Å². The molecule has 18 heavy (non-hydrogen) atoms. The van der Waals surface area contributed by atoms with Crippen molar-refractivity contribution in [3.63, 3.8) is 0 Å². The Bertz CT molecular complexity index is 562. The van der Waals surface area contributed by atoms with E-state index >= 15 is 0 Å². The number of rotatable bonds is 3. The summed E-state index contributed by atoms with van der Waals surface area (Å²) in [6, 6.07) is 1.47. The van der Waals surface area contributed by atoms with Crippen molar-refractivity contribution in [3.8, 4) is 0 Å². The molecule has 1 unspecified atom stereocenters. The molecular weight excluding hydrogens is 231 g/mol. The van der Waals surface area contributed by atoms with Gasteiger partial charge in [-0.3, -0.25) is 9.67 Å². The maximum absolute atomic E-state index is 13.1. The van der Waals surface area contributed by atoms with Crippen molar-refractivity contribution >= 4 is 5.69 Å². The Morgan fingerprint density at radius 3 is 2.61 bits per heavy atom. The highest BCUT2D eigenvalue weighted by atomic mass is 19.1. The van der Waals surface area contributed by atoms with Crippen LogP contribution in [0.3, 0.4) is 0 Å². The van der Waals surface area contributed by atoms with Crippen LogP contribution < -0.4 is 5.32 Å². The quantitative estimate of drug-likeness (QED) is 0.908. The molecule has 0 aliphatic carbocycles. The lowest BCUT2D eigenvalue weighted by molar-refractivity contribution is 0.616. The van der Waals surface area contributed by atoms with Crippen molar-refractivity contribution in [1.82, 2.24) is 14.8 Å². The molecular formula is C13H17FN4. The zero-order chi connectivity index (χ0) is 13.3. The van der Waals surface area contributed by atoms with Gasteiger partial charge in [-0.1, -0.05) is 0 Å². The van der Waals surface area contributed by atoms with E-state index in [0.717, 1.165) is 22.6 Å². The van der Waals surface area contributed by atoms with Gasteiger partial charge in [0, 0.05) is 13.2 Å². The number of halogens is 1. The van der Waals surface area contributed by atoms with E-state index in [-0.39, 0.29) is 11.9 Å². The molecule has 4 nitrogen and oxygen atoms in total. The van der Waals surface area contributed by atoms with Crippen LogP contribution in [0.25, 0.3) is 0 Å². The third-order valence-corrected chi connectivity index (χ3v) is 3.10. The minimum Gasteiger partial charge on any atom is -0.375 e. The summed E-state index contributed by atoms with van der Waals surface area (Å²) in [5.74, 6) is -0.319. The lowest BCUT2D eigenvalue weighted by Gasteiger charge is -2.15. The topological polar surface area (TPSA) is 42.7 Å². The molecule has 0 aliphatic rings. The molecule has 96 valence electrons. The smallest absolute Gasteiger partial charge is 0.141 e. The highest BCUT2D eigenvalue weighted by molar-refractivity contribution is 5.53. The van der Waals surface area contributed by atoms with Crippen LogP contribution in [0.1, 0.15) is 29.9 Å². The summed E-state index contributed by atoms with van der Waals surface area (Å²) >= 11 is 0. The van der Waals surface area contributed by atoms with E-state index in [1.165, 1.54) is 12.3 Å². The third kappa shape index (κ3) is 2.34. The second-order valence-electron chi connectivity index (χ2n) is 4.47. The van der Waals surface area contributed by atoms with Crippen LogP contribution in [0.5, 0.6) is 0 Å². The van der Waals surface area contributed by atoms with Gasteiger partial charge in [-0.25, -0.2) is 4.39 Å². The first kappa shape index (κ1) is 12.5. The van der Waals surface area contributed by atoms with Gasteiger partial charge >= 0.3 is 0 Å². The largest absolute Gasteiger partial charge is 0.375 e. The number of hydrogen-bond acceptors (Lipinski definition) is 3. The summed E-state index contributed by atoms with van der Waals surface area (Å²) < 4.78 is 14.9. The molecule has 1 N–H and O–H groups in total. The van der Waals surface area contributed by atoms with Crippen LogP contribution in [0.4, 0.5) is 10.1 Å². The third-order valence-electron chi connectivity index (χ3n) is 3.10. The van der Waals surface area contributed by atoms with E-state index in [4.69, 9.17) is 0 Å². The Morgan fingerprint density at radius 1 is 1.33 bits per heavy atom. The number of aryl methyl sites for hydroxylation is 2. The molecule has 5 heteroatoms. The highest BCUT2D eigenvalue weighted by Gasteiger charge is 2.13. The van der Waals surface area contributed by atoms with Crippen LogP contribution in [0, 0.1) is 19.7 Å². The van der Waals surface area contributed by atoms with Gasteiger partial charge in [0.15, 0.2) is 0 Å². The van der Waals surface area contributed by atoms with E-state index in [1.807, 2.05) is 32.5 Å². The molecule has 2 rings (SSSR count). The first-order chi connectivity index (χ1) is 8.49. The van der Waals surface area contributed by atoms with E-state index in [1.54, 1.807) is 6.20 Å². The van der Waals surface area contributed by atoms with Crippen molar-refractivity contribution in [1.29, 1.82) is 0 Å².